The van der Waals surface area contributed by atoms with Crippen molar-refractivity contribution in [2.75, 3.05) is 6.61 Å². The maximum atomic E-state index is 11.4. The van der Waals surface area contributed by atoms with Crippen molar-refractivity contribution in [2.45, 2.75) is 84.7 Å². The van der Waals surface area contributed by atoms with Gasteiger partial charge in [-0.05, 0) is 104 Å². The summed E-state index contributed by atoms with van der Waals surface area (Å²) < 4.78 is 5.59. The Balaban J connectivity index is 1.40. The van der Waals surface area contributed by atoms with Crippen molar-refractivity contribution < 1.29 is 9.84 Å². The molecule has 0 spiro atoms. The van der Waals surface area contributed by atoms with E-state index in [-0.39, 0.29) is 11.5 Å². The average Bonchev–Trinajstić information content (AvgIpc) is 3.00. The largest absolute Gasteiger partial charge is 0.494 e. The lowest BCUT2D eigenvalue weighted by molar-refractivity contribution is -0.119. The zero-order valence-corrected chi connectivity index (χ0v) is 19.2. The summed E-state index contributed by atoms with van der Waals surface area (Å²) in [5.41, 5.74) is 3.09. The third-order valence-corrected chi connectivity index (χ3v) is 10.00. The van der Waals surface area contributed by atoms with Crippen LogP contribution < -0.4 is 4.74 Å². The summed E-state index contributed by atoms with van der Waals surface area (Å²) in [6, 6.07) is 8.36. The van der Waals surface area contributed by atoms with Gasteiger partial charge in [-0.2, -0.15) is 0 Å². The van der Waals surface area contributed by atoms with Crippen LogP contribution in [0.4, 0.5) is 0 Å². The quantitative estimate of drug-likeness (QED) is 0.591. The van der Waals surface area contributed by atoms with Gasteiger partial charge < -0.3 is 9.84 Å². The highest BCUT2D eigenvalue weighted by atomic mass is 16.5. The van der Waals surface area contributed by atoms with E-state index in [2.05, 4.69) is 32.1 Å². The predicted molar refractivity (Wildman–Crippen MR) is 123 cm³/mol. The molecular formula is C28H40O2. The van der Waals surface area contributed by atoms with Gasteiger partial charge in [-0.25, -0.2) is 0 Å². The van der Waals surface area contributed by atoms with E-state index in [1.165, 1.54) is 62.5 Å². The predicted octanol–water partition coefficient (Wildman–Crippen LogP) is 6.87. The van der Waals surface area contributed by atoms with Crippen LogP contribution in [-0.4, -0.2) is 17.8 Å². The zero-order chi connectivity index (χ0) is 20.9. The van der Waals surface area contributed by atoms with Crippen molar-refractivity contribution in [1.82, 2.24) is 0 Å². The van der Waals surface area contributed by atoms with Crippen LogP contribution in [0.15, 0.2) is 29.8 Å². The van der Waals surface area contributed by atoms with Crippen LogP contribution in [0.1, 0.15) is 84.1 Å². The van der Waals surface area contributed by atoms with Crippen molar-refractivity contribution >= 4 is 6.08 Å². The monoisotopic (exact) mass is 408 g/mol. The molecule has 0 radical (unpaired) electrons. The van der Waals surface area contributed by atoms with Gasteiger partial charge in [0.15, 0.2) is 0 Å². The molecule has 5 unspecified atom stereocenters. The van der Waals surface area contributed by atoms with E-state index in [0.29, 0.717) is 17.9 Å². The Morgan fingerprint density at radius 2 is 1.77 bits per heavy atom. The summed E-state index contributed by atoms with van der Waals surface area (Å²) in [5.74, 6) is 4.23. The normalized spacial score (nSPS) is 44.3. The topological polar surface area (TPSA) is 29.5 Å². The number of aliphatic hydroxyl groups excluding tert-OH is 1. The minimum absolute atomic E-state index is 0.0656. The number of hydrogen-bond donors (Lipinski definition) is 1. The molecule has 0 heterocycles. The molecule has 7 atom stereocenters. The van der Waals surface area contributed by atoms with Gasteiger partial charge in [0, 0.05) is 5.41 Å². The van der Waals surface area contributed by atoms with Crippen LogP contribution >= 0.6 is 0 Å². The molecule has 4 saturated carbocycles. The number of ether oxygens (including phenoxy) is 1. The maximum Gasteiger partial charge on any atom is 0.119 e. The molecular weight excluding hydrogens is 368 g/mol. The number of rotatable bonds is 3. The van der Waals surface area contributed by atoms with E-state index in [0.717, 1.165) is 29.9 Å². The minimum Gasteiger partial charge on any atom is -0.494 e. The fourth-order valence-electron chi connectivity index (χ4n) is 8.33. The molecule has 0 aliphatic heterocycles. The molecule has 2 nitrogen and oxygen atoms in total. The molecule has 0 aromatic heterocycles. The highest BCUT2D eigenvalue weighted by Gasteiger charge is 2.60. The molecule has 4 aliphatic rings. The summed E-state index contributed by atoms with van der Waals surface area (Å²) in [5, 5.41) is 11.4. The van der Waals surface area contributed by atoms with Gasteiger partial charge >= 0.3 is 0 Å². The number of aliphatic hydroxyl groups is 1. The summed E-state index contributed by atoms with van der Waals surface area (Å²) >= 11 is 0. The summed E-state index contributed by atoms with van der Waals surface area (Å²) in [4.78, 5) is 0. The lowest BCUT2D eigenvalue weighted by atomic mass is 9.45. The smallest absolute Gasteiger partial charge is 0.119 e. The van der Waals surface area contributed by atoms with Crippen molar-refractivity contribution in [3.8, 4) is 5.75 Å². The van der Waals surface area contributed by atoms with Crippen LogP contribution in [0, 0.1) is 34.5 Å². The molecule has 2 heteroatoms. The van der Waals surface area contributed by atoms with Crippen LogP contribution in [0.3, 0.4) is 0 Å². The molecule has 5 rings (SSSR count). The lowest BCUT2D eigenvalue weighted by Gasteiger charge is -2.60. The summed E-state index contributed by atoms with van der Waals surface area (Å²) in [6.07, 6.45) is 14.2. The standard InChI is InChI=1S/C28H40O2/c1-4-30-22-11-8-19(9-12-22)17-20-18-25-23-13-10-21-7-5-6-15-27(21,2)24(23)14-16-28(25,3)26(20)29/h8-9,11-12,17,21,23-26,29H,4-7,10,13-16,18H2,1-3H3/b20-17+/t21?,23?,24?,25?,26?,27-,28-/m0/s1. The first-order valence-electron chi connectivity index (χ1n) is 12.6. The Labute approximate surface area is 183 Å². The molecule has 1 aromatic rings. The minimum atomic E-state index is -0.285. The highest BCUT2D eigenvalue weighted by Crippen LogP contribution is 2.67. The van der Waals surface area contributed by atoms with E-state index < -0.39 is 0 Å². The Morgan fingerprint density at radius 3 is 2.53 bits per heavy atom. The van der Waals surface area contributed by atoms with Crippen LogP contribution in [0.2, 0.25) is 0 Å². The molecule has 30 heavy (non-hydrogen) atoms. The summed E-state index contributed by atoms with van der Waals surface area (Å²) in [6.45, 7) is 7.74. The van der Waals surface area contributed by atoms with Gasteiger partial charge in [0.05, 0.1) is 12.7 Å². The van der Waals surface area contributed by atoms with Crippen molar-refractivity contribution in [3.63, 3.8) is 0 Å². The fraction of sp³-hybridized carbons (Fsp3) is 0.714. The van der Waals surface area contributed by atoms with Gasteiger partial charge in [0.1, 0.15) is 5.75 Å². The Bertz CT molecular complexity index is 795. The summed E-state index contributed by atoms with van der Waals surface area (Å²) in [7, 11) is 0. The zero-order valence-electron chi connectivity index (χ0n) is 19.2. The second-order valence-corrected chi connectivity index (χ2v) is 11.3. The van der Waals surface area contributed by atoms with Crippen molar-refractivity contribution in [2.24, 2.45) is 34.5 Å². The van der Waals surface area contributed by atoms with E-state index in [1.54, 1.807) is 0 Å². The second kappa shape index (κ2) is 7.69. The van der Waals surface area contributed by atoms with E-state index in [9.17, 15) is 5.11 Å². The molecule has 4 aliphatic carbocycles. The van der Waals surface area contributed by atoms with E-state index in [1.807, 2.05) is 19.1 Å². The second-order valence-electron chi connectivity index (χ2n) is 11.3. The SMILES string of the molecule is CCOc1ccc(/C=C2\CC3C4CCC5CCCC[C@]5(C)C4CC[C@]3(C)C2O)cc1. The Morgan fingerprint density at radius 1 is 0.967 bits per heavy atom. The lowest BCUT2D eigenvalue weighted by Crippen LogP contribution is -2.53. The maximum absolute atomic E-state index is 11.4. The van der Waals surface area contributed by atoms with Crippen LogP contribution in [-0.2, 0) is 0 Å². The van der Waals surface area contributed by atoms with Gasteiger partial charge in [0.2, 0.25) is 0 Å². The number of hydrogen-bond acceptors (Lipinski definition) is 2. The van der Waals surface area contributed by atoms with E-state index in [4.69, 9.17) is 4.74 Å². The molecule has 4 fully saturated rings. The van der Waals surface area contributed by atoms with Gasteiger partial charge in [-0.1, -0.05) is 44.9 Å². The molecule has 1 aromatic carbocycles. The highest BCUT2D eigenvalue weighted by molar-refractivity contribution is 5.56. The van der Waals surface area contributed by atoms with Crippen molar-refractivity contribution in [1.29, 1.82) is 0 Å². The van der Waals surface area contributed by atoms with Crippen LogP contribution in [0.5, 0.6) is 5.75 Å². The first-order valence-corrected chi connectivity index (χ1v) is 12.6. The average molecular weight is 409 g/mol. The van der Waals surface area contributed by atoms with Crippen molar-refractivity contribution in [3.05, 3.63) is 35.4 Å². The Kier molecular flexibility index (Phi) is 5.29. The molecule has 1 N–H and O–H groups in total. The first-order chi connectivity index (χ1) is 14.5. The van der Waals surface area contributed by atoms with Gasteiger partial charge in [-0.15, -0.1) is 0 Å². The number of benzene rings is 1. The molecule has 0 bridgehead atoms. The van der Waals surface area contributed by atoms with Gasteiger partial charge in [0.25, 0.3) is 0 Å². The Hall–Kier alpha value is -1.28. The molecule has 164 valence electrons. The first kappa shape index (κ1) is 20.6. The van der Waals surface area contributed by atoms with Gasteiger partial charge in [-0.3, -0.25) is 0 Å². The molecule has 0 saturated heterocycles. The fourth-order valence-corrected chi connectivity index (χ4v) is 8.33. The third-order valence-electron chi connectivity index (χ3n) is 10.00. The number of fused-ring (bicyclic) bond motifs is 5. The third kappa shape index (κ3) is 3.17. The molecule has 0 amide bonds. The van der Waals surface area contributed by atoms with E-state index >= 15 is 0 Å². The van der Waals surface area contributed by atoms with Crippen LogP contribution in [0.25, 0.3) is 6.08 Å².